The number of carbonyl (C=O) groups is 2. The van der Waals surface area contributed by atoms with Crippen molar-refractivity contribution in [1.29, 1.82) is 5.26 Å². The van der Waals surface area contributed by atoms with Crippen LogP contribution in [0.3, 0.4) is 0 Å². The van der Waals surface area contributed by atoms with Crippen LogP contribution in [-0.2, 0) is 0 Å². The molecule has 3 heterocycles. The van der Waals surface area contributed by atoms with Crippen molar-refractivity contribution in [3.8, 4) is 34.8 Å². The largest absolute Gasteiger partial charge is 0.494 e. The lowest BCUT2D eigenvalue weighted by atomic mass is 10.1. The van der Waals surface area contributed by atoms with Gasteiger partial charge in [-0.1, -0.05) is 17.7 Å². The number of pyridine rings is 1. The number of aromatic nitrogens is 5. The Labute approximate surface area is 291 Å². The van der Waals surface area contributed by atoms with Gasteiger partial charge >= 0.3 is 0 Å². The molecule has 0 saturated heterocycles. The lowest BCUT2D eigenvalue weighted by Crippen LogP contribution is -2.14. The number of halogens is 1. The molecule has 0 aliphatic carbocycles. The zero-order valence-electron chi connectivity index (χ0n) is 27.3. The summed E-state index contributed by atoms with van der Waals surface area (Å²) in [6.07, 6.45) is 10.1. The van der Waals surface area contributed by atoms with Gasteiger partial charge in [0.05, 0.1) is 43.0 Å². The first-order valence-electron chi connectivity index (χ1n) is 15.3. The Morgan fingerprint density at radius 1 is 0.745 bits per heavy atom. The molecule has 3 aromatic heterocycles. The molecule has 0 radical (unpaired) electrons. The van der Waals surface area contributed by atoms with Gasteiger partial charge < -0.3 is 24.8 Å². The molecule has 3 aromatic carbocycles. The molecule has 0 unspecified atom stereocenters. The molecule has 0 saturated carbocycles. The molecule has 13 nitrogen and oxygen atoms in total. The molecular formula is C37H29FN8O5. The minimum absolute atomic E-state index is 0.152. The molecule has 0 aliphatic rings. The number of rotatable bonds is 10. The van der Waals surface area contributed by atoms with Crippen LogP contribution < -0.4 is 24.8 Å². The second-order valence-corrected chi connectivity index (χ2v) is 10.5. The predicted octanol–water partition coefficient (Wildman–Crippen LogP) is 7.16. The zero-order chi connectivity index (χ0) is 36.0. The molecule has 0 atom stereocenters. The maximum absolute atomic E-state index is 13.8. The van der Waals surface area contributed by atoms with Crippen LogP contribution in [0.5, 0.6) is 28.7 Å². The number of ether oxygens (including phenoxy) is 3. The number of carbonyl (C=O) groups excluding carboxylic acids is 2. The molecule has 2 N–H and O–H groups in total. The second-order valence-electron chi connectivity index (χ2n) is 10.5. The van der Waals surface area contributed by atoms with Crippen LogP contribution in [0.1, 0.15) is 38.9 Å². The van der Waals surface area contributed by atoms with Gasteiger partial charge in [-0.2, -0.15) is 5.26 Å². The van der Waals surface area contributed by atoms with Gasteiger partial charge in [0.25, 0.3) is 11.8 Å². The summed E-state index contributed by atoms with van der Waals surface area (Å²) < 4.78 is 30.3. The summed E-state index contributed by atoms with van der Waals surface area (Å²) in [6.45, 7) is 4.23. The normalized spacial score (nSPS) is 10.1. The number of hydrogen-bond acceptors (Lipinski definition) is 11. The highest BCUT2D eigenvalue weighted by Crippen LogP contribution is 2.27. The van der Waals surface area contributed by atoms with Crippen molar-refractivity contribution in [3.63, 3.8) is 0 Å². The topological polar surface area (TPSA) is 174 Å². The van der Waals surface area contributed by atoms with Crippen molar-refractivity contribution in [2.45, 2.75) is 13.8 Å². The van der Waals surface area contributed by atoms with E-state index in [-0.39, 0.29) is 23.0 Å². The third kappa shape index (κ3) is 10.6. The highest BCUT2D eigenvalue weighted by atomic mass is 19.1. The van der Waals surface area contributed by atoms with Crippen molar-refractivity contribution in [2.24, 2.45) is 0 Å². The number of anilines is 2. The number of nitrogens with one attached hydrogen (secondary N) is 2. The monoisotopic (exact) mass is 684 g/mol. The van der Waals surface area contributed by atoms with Gasteiger partial charge in [0.1, 0.15) is 41.4 Å². The number of nitrogens with zero attached hydrogens (tertiary/aromatic N) is 6. The SMILES string of the molecule is CCOc1ccnc(C(=O)Nc2cc(F)cc(Oc3cncnc3)c2)c1.Cc1cccc(C(=O)Nc2cc(C#N)cc(Oc3cncnc3)c2)c1. The van der Waals surface area contributed by atoms with Crippen LogP contribution in [0.25, 0.3) is 0 Å². The third-order valence-corrected chi connectivity index (χ3v) is 6.52. The lowest BCUT2D eigenvalue weighted by Gasteiger charge is -2.10. The quantitative estimate of drug-likeness (QED) is 0.150. The van der Waals surface area contributed by atoms with E-state index in [2.05, 4.69) is 41.6 Å². The predicted molar refractivity (Wildman–Crippen MR) is 184 cm³/mol. The van der Waals surface area contributed by atoms with Crippen LogP contribution >= 0.6 is 0 Å². The summed E-state index contributed by atoms with van der Waals surface area (Å²) >= 11 is 0. The van der Waals surface area contributed by atoms with E-state index in [0.717, 1.165) is 5.56 Å². The summed E-state index contributed by atoms with van der Waals surface area (Å²) in [5.74, 6) is 0.610. The first-order chi connectivity index (χ1) is 24.8. The lowest BCUT2D eigenvalue weighted by molar-refractivity contribution is 0.101. The molecule has 6 aromatic rings. The Morgan fingerprint density at radius 3 is 2.00 bits per heavy atom. The van der Waals surface area contributed by atoms with Crippen LogP contribution in [0.4, 0.5) is 15.8 Å². The summed E-state index contributed by atoms with van der Waals surface area (Å²) in [7, 11) is 0. The first kappa shape index (κ1) is 35.0. The summed E-state index contributed by atoms with van der Waals surface area (Å²) in [5, 5.41) is 14.6. The smallest absolute Gasteiger partial charge is 0.274 e. The molecule has 2 amide bonds. The van der Waals surface area contributed by atoms with Gasteiger partial charge in [0, 0.05) is 47.4 Å². The molecule has 6 rings (SSSR count). The third-order valence-electron chi connectivity index (χ3n) is 6.52. The van der Waals surface area contributed by atoms with Gasteiger partial charge in [0.2, 0.25) is 0 Å². The van der Waals surface area contributed by atoms with Crippen molar-refractivity contribution in [2.75, 3.05) is 17.2 Å². The molecule has 254 valence electrons. The maximum atomic E-state index is 13.8. The van der Waals surface area contributed by atoms with E-state index in [4.69, 9.17) is 14.2 Å². The van der Waals surface area contributed by atoms with Gasteiger partial charge in [-0.05, 0) is 50.2 Å². The van der Waals surface area contributed by atoms with E-state index in [9.17, 15) is 19.2 Å². The highest BCUT2D eigenvalue weighted by molar-refractivity contribution is 6.04. The Morgan fingerprint density at radius 2 is 1.37 bits per heavy atom. The molecule has 0 spiro atoms. The summed E-state index contributed by atoms with van der Waals surface area (Å²) in [6, 6.07) is 21.1. The number of nitriles is 1. The van der Waals surface area contributed by atoms with E-state index in [1.54, 1.807) is 36.4 Å². The number of aryl methyl sites for hydroxylation is 1. The Kier molecular flexibility index (Phi) is 11.8. The Hall–Kier alpha value is -7.27. The minimum atomic E-state index is -0.564. The van der Waals surface area contributed by atoms with E-state index >= 15 is 0 Å². The average molecular weight is 685 g/mol. The van der Waals surface area contributed by atoms with Gasteiger partial charge in [-0.15, -0.1) is 0 Å². The van der Waals surface area contributed by atoms with Crippen LogP contribution in [0.2, 0.25) is 0 Å². The minimum Gasteiger partial charge on any atom is -0.494 e. The second kappa shape index (κ2) is 17.2. The number of hydrogen-bond donors (Lipinski definition) is 2. The fourth-order valence-electron chi connectivity index (χ4n) is 4.41. The summed E-state index contributed by atoms with van der Waals surface area (Å²) in [4.78, 5) is 44.1. The van der Waals surface area contributed by atoms with E-state index in [1.807, 2.05) is 26.0 Å². The van der Waals surface area contributed by atoms with E-state index < -0.39 is 11.7 Å². The standard InChI is InChI=1S/C19H14N4O2.C18H15FN4O3/c1-13-3-2-4-15(5-13)19(24)23-16-6-14(9-20)7-17(8-16)25-18-10-21-12-22-11-18;1-2-25-14-3-4-22-17(8-14)18(24)23-13-5-12(19)6-15(7-13)26-16-9-20-11-21-10-16/h2-8,10-12H,1H3,(H,23,24);3-11H,2H2,1H3,(H,23,24). The van der Waals surface area contributed by atoms with Gasteiger partial charge in [-0.25, -0.2) is 24.3 Å². The molecule has 14 heteroatoms. The Bertz CT molecular complexity index is 2170. The summed E-state index contributed by atoms with van der Waals surface area (Å²) in [5.41, 5.74) is 2.75. The van der Waals surface area contributed by atoms with Crippen LogP contribution in [0.15, 0.2) is 116 Å². The van der Waals surface area contributed by atoms with E-state index in [1.165, 1.54) is 67.9 Å². The number of benzene rings is 3. The van der Waals surface area contributed by atoms with Crippen molar-refractivity contribution < 1.29 is 28.2 Å². The van der Waals surface area contributed by atoms with Gasteiger partial charge in [-0.3, -0.25) is 14.6 Å². The van der Waals surface area contributed by atoms with Crippen LogP contribution in [-0.4, -0.2) is 43.3 Å². The van der Waals surface area contributed by atoms with Crippen molar-refractivity contribution >= 4 is 23.2 Å². The molecule has 0 fully saturated rings. The van der Waals surface area contributed by atoms with Crippen LogP contribution in [0, 0.1) is 24.1 Å². The Balaban J connectivity index is 0.000000198. The molecule has 51 heavy (non-hydrogen) atoms. The fraction of sp³-hybridized carbons (Fsp3) is 0.0811. The fourth-order valence-corrected chi connectivity index (χ4v) is 4.41. The first-order valence-corrected chi connectivity index (χ1v) is 15.3. The van der Waals surface area contributed by atoms with Crippen molar-refractivity contribution in [1.82, 2.24) is 24.9 Å². The number of amides is 2. The zero-order valence-corrected chi connectivity index (χ0v) is 27.3. The highest BCUT2D eigenvalue weighted by Gasteiger charge is 2.12. The molecule has 0 aliphatic heterocycles. The van der Waals surface area contributed by atoms with Gasteiger partial charge in [0.15, 0.2) is 11.5 Å². The van der Waals surface area contributed by atoms with Crippen molar-refractivity contribution in [3.05, 3.63) is 145 Å². The molecule has 0 bridgehead atoms. The van der Waals surface area contributed by atoms with E-state index in [0.29, 0.717) is 46.4 Å². The maximum Gasteiger partial charge on any atom is 0.274 e. The molecular weight excluding hydrogens is 655 g/mol. The average Bonchev–Trinajstić information content (AvgIpc) is 3.12.